The first kappa shape index (κ1) is 11.0. The number of hydrogen-bond donors (Lipinski definition) is 5. The minimum Gasteiger partial charge on any atom is -0.383 e. The Kier molecular flexibility index (Phi) is 2.89. The number of nitrogens with zero attached hydrogens (tertiary/aromatic N) is 2. The Morgan fingerprint density at radius 3 is 2.67 bits per heavy atom. The predicted molar refractivity (Wildman–Crippen MR) is 47.9 cm³/mol. The van der Waals surface area contributed by atoms with E-state index in [1.54, 1.807) is 6.07 Å². The zero-order chi connectivity index (χ0) is 11.6. The summed E-state index contributed by atoms with van der Waals surface area (Å²) in [4.78, 5) is 10.6. The van der Waals surface area contributed by atoms with Crippen molar-refractivity contribution in [1.29, 1.82) is 5.26 Å². The molecule has 1 rings (SSSR count). The van der Waals surface area contributed by atoms with Gasteiger partial charge in [0.2, 0.25) is 5.91 Å². The molecule has 0 aliphatic heterocycles. The van der Waals surface area contributed by atoms with E-state index in [0.29, 0.717) is 0 Å². The second-order valence-electron chi connectivity index (χ2n) is 2.80. The van der Waals surface area contributed by atoms with Crippen LogP contribution in [0.15, 0.2) is 0 Å². The number of hydrogen-bond acceptors (Lipinski definition) is 6. The molecular weight excluding hydrogens is 202 g/mol. The highest BCUT2D eigenvalue weighted by Gasteiger charge is 2.28. The average molecular weight is 211 g/mol. The fourth-order valence-corrected chi connectivity index (χ4v) is 1.02. The van der Waals surface area contributed by atoms with Crippen molar-refractivity contribution < 1.29 is 15.0 Å². The maximum atomic E-state index is 10.6. The van der Waals surface area contributed by atoms with Crippen LogP contribution in [0.25, 0.3) is 0 Å². The SMILES string of the molecule is N#Cc1c(N)n[nH]c1C(O)C(O)C(N)=O. The zero-order valence-corrected chi connectivity index (χ0v) is 7.51. The van der Waals surface area contributed by atoms with Gasteiger partial charge >= 0.3 is 0 Å². The number of H-pyrrole nitrogens is 1. The maximum Gasteiger partial charge on any atom is 0.249 e. The number of nitrogens with one attached hydrogen (secondary N) is 1. The number of carbonyl (C=O) groups is 1. The Morgan fingerprint density at radius 2 is 2.20 bits per heavy atom. The summed E-state index contributed by atoms with van der Waals surface area (Å²) in [6.45, 7) is 0. The number of nitrogen functional groups attached to an aromatic ring is 1. The molecule has 1 heterocycles. The summed E-state index contributed by atoms with van der Waals surface area (Å²) in [5, 5.41) is 33.0. The van der Waals surface area contributed by atoms with Gasteiger partial charge in [-0.25, -0.2) is 0 Å². The Morgan fingerprint density at radius 1 is 1.60 bits per heavy atom. The van der Waals surface area contributed by atoms with Gasteiger partial charge in [0.1, 0.15) is 17.7 Å². The highest BCUT2D eigenvalue weighted by Crippen LogP contribution is 2.21. The van der Waals surface area contributed by atoms with Gasteiger partial charge in [-0.05, 0) is 0 Å². The van der Waals surface area contributed by atoms with Gasteiger partial charge in [0.05, 0.1) is 5.69 Å². The van der Waals surface area contributed by atoms with Crippen LogP contribution in [0.3, 0.4) is 0 Å². The van der Waals surface area contributed by atoms with E-state index in [4.69, 9.17) is 21.8 Å². The van der Waals surface area contributed by atoms with Gasteiger partial charge in [0, 0.05) is 0 Å². The second kappa shape index (κ2) is 3.95. The molecule has 0 spiro atoms. The van der Waals surface area contributed by atoms with Crippen molar-refractivity contribution in [3.8, 4) is 6.07 Å². The molecule has 15 heavy (non-hydrogen) atoms. The van der Waals surface area contributed by atoms with E-state index in [1.807, 2.05) is 0 Å². The van der Waals surface area contributed by atoms with Crippen LogP contribution in [0.2, 0.25) is 0 Å². The molecule has 1 aromatic heterocycles. The van der Waals surface area contributed by atoms with Crippen LogP contribution in [-0.2, 0) is 4.79 Å². The number of aromatic nitrogens is 2. The van der Waals surface area contributed by atoms with E-state index in [1.165, 1.54) is 0 Å². The van der Waals surface area contributed by atoms with Crippen LogP contribution in [0.5, 0.6) is 0 Å². The highest BCUT2D eigenvalue weighted by atomic mass is 16.3. The number of carbonyl (C=O) groups excluding carboxylic acids is 1. The third-order valence-electron chi connectivity index (χ3n) is 1.82. The molecule has 0 aromatic carbocycles. The molecule has 0 saturated heterocycles. The standard InChI is InChI=1S/C7H9N5O3/c8-1-2-3(11-12-6(2)9)4(13)5(14)7(10)15/h4-5,13-14H,(H2,10,15)(H3,9,11,12). The molecule has 0 radical (unpaired) electrons. The molecule has 0 bridgehead atoms. The topological polar surface area (TPSA) is 162 Å². The quantitative estimate of drug-likeness (QED) is 0.379. The molecule has 8 heteroatoms. The smallest absolute Gasteiger partial charge is 0.249 e. The predicted octanol–water partition coefficient (Wildman–Crippen LogP) is -2.26. The molecule has 80 valence electrons. The fourth-order valence-electron chi connectivity index (χ4n) is 1.02. The third kappa shape index (κ3) is 1.88. The summed E-state index contributed by atoms with van der Waals surface area (Å²) in [5.41, 5.74) is 9.81. The maximum absolute atomic E-state index is 10.6. The Balaban J connectivity index is 3.07. The van der Waals surface area contributed by atoms with Crippen LogP contribution < -0.4 is 11.5 Å². The molecule has 2 unspecified atom stereocenters. The van der Waals surface area contributed by atoms with Gasteiger partial charge < -0.3 is 21.7 Å². The van der Waals surface area contributed by atoms with Gasteiger partial charge in [-0.1, -0.05) is 0 Å². The van der Waals surface area contributed by atoms with E-state index >= 15 is 0 Å². The number of nitriles is 1. The molecule has 8 nitrogen and oxygen atoms in total. The fraction of sp³-hybridized carbons (Fsp3) is 0.286. The summed E-state index contributed by atoms with van der Waals surface area (Å²) < 4.78 is 0. The first-order chi connectivity index (χ1) is 6.99. The molecule has 1 aromatic rings. The molecule has 0 aliphatic rings. The van der Waals surface area contributed by atoms with Crippen molar-refractivity contribution in [2.45, 2.75) is 12.2 Å². The lowest BCUT2D eigenvalue weighted by atomic mass is 10.1. The normalized spacial score (nSPS) is 14.2. The number of amides is 1. The molecule has 7 N–H and O–H groups in total. The largest absolute Gasteiger partial charge is 0.383 e. The van der Waals surface area contributed by atoms with E-state index < -0.39 is 18.1 Å². The molecule has 0 aliphatic carbocycles. The van der Waals surface area contributed by atoms with Crippen molar-refractivity contribution in [2.24, 2.45) is 5.73 Å². The number of aliphatic hydroxyl groups excluding tert-OH is 2. The number of primary amides is 1. The minimum absolute atomic E-state index is 0.122. The molecule has 1 amide bonds. The van der Waals surface area contributed by atoms with Gasteiger partial charge in [-0.15, -0.1) is 0 Å². The van der Waals surface area contributed by atoms with Crippen molar-refractivity contribution in [3.05, 3.63) is 11.3 Å². The third-order valence-corrected chi connectivity index (χ3v) is 1.82. The first-order valence-electron chi connectivity index (χ1n) is 3.88. The molecule has 0 saturated carbocycles. The number of aromatic amines is 1. The van der Waals surface area contributed by atoms with Gasteiger partial charge in [-0.3, -0.25) is 9.89 Å². The zero-order valence-electron chi connectivity index (χ0n) is 7.51. The second-order valence-corrected chi connectivity index (χ2v) is 2.80. The van der Waals surface area contributed by atoms with Crippen molar-refractivity contribution in [2.75, 3.05) is 5.73 Å². The lowest BCUT2D eigenvalue weighted by molar-refractivity contribution is -0.132. The summed E-state index contributed by atoms with van der Waals surface area (Å²) in [5.74, 6) is -1.23. The Labute approximate surface area is 84.1 Å². The lowest BCUT2D eigenvalue weighted by Gasteiger charge is -2.12. The summed E-state index contributed by atoms with van der Waals surface area (Å²) in [6.07, 6.45) is -3.47. The number of nitrogens with two attached hydrogens (primary N) is 2. The van der Waals surface area contributed by atoms with Crippen molar-refractivity contribution in [1.82, 2.24) is 10.2 Å². The van der Waals surface area contributed by atoms with Gasteiger partial charge in [-0.2, -0.15) is 10.4 Å². The van der Waals surface area contributed by atoms with Crippen LogP contribution >= 0.6 is 0 Å². The lowest BCUT2D eigenvalue weighted by Crippen LogP contribution is -2.34. The summed E-state index contributed by atoms with van der Waals surface area (Å²) >= 11 is 0. The number of rotatable bonds is 3. The van der Waals surface area contributed by atoms with Crippen molar-refractivity contribution in [3.63, 3.8) is 0 Å². The van der Waals surface area contributed by atoms with E-state index in [-0.39, 0.29) is 17.1 Å². The van der Waals surface area contributed by atoms with Crippen LogP contribution in [0, 0.1) is 11.3 Å². The van der Waals surface area contributed by atoms with E-state index in [0.717, 1.165) is 0 Å². The van der Waals surface area contributed by atoms with Crippen molar-refractivity contribution >= 4 is 11.7 Å². The highest BCUT2D eigenvalue weighted by molar-refractivity contribution is 5.79. The summed E-state index contributed by atoms with van der Waals surface area (Å²) in [6, 6.07) is 1.68. The Hall–Kier alpha value is -2.11. The average Bonchev–Trinajstić information content (AvgIpc) is 2.57. The van der Waals surface area contributed by atoms with E-state index in [9.17, 15) is 9.90 Å². The monoisotopic (exact) mass is 211 g/mol. The van der Waals surface area contributed by atoms with E-state index in [2.05, 4.69) is 10.2 Å². The van der Waals surface area contributed by atoms with Gasteiger partial charge in [0.25, 0.3) is 0 Å². The van der Waals surface area contributed by atoms with Crippen LogP contribution in [0.4, 0.5) is 5.82 Å². The number of aliphatic hydroxyl groups is 2. The minimum atomic E-state index is -1.82. The number of anilines is 1. The van der Waals surface area contributed by atoms with Crippen LogP contribution in [-0.4, -0.2) is 32.4 Å². The van der Waals surface area contributed by atoms with Gasteiger partial charge in [0.15, 0.2) is 11.9 Å². The summed E-state index contributed by atoms with van der Waals surface area (Å²) in [7, 11) is 0. The molecule has 0 fully saturated rings. The molecule has 2 atom stereocenters. The first-order valence-corrected chi connectivity index (χ1v) is 3.88. The Bertz CT molecular complexity index is 421. The van der Waals surface area contributed by atoms with Crippen LogP contribution in [0.1, 0.15) is 17.4 Å². The molecular formula is C7H9N5O3.